The van der Waals surface area contributed by atoms with Crippen molar-refractivity contribution in [3.05, 3.63) is 29.8 Å². The van der Waals surface area contributed by atoms with Crippen LogP contribution >= 0.6 is 0 Å². The lowest BCUT2D eigenvalue weighted by atomic mass is 9.93. The van der Waals surface area contributed by atoms with E-state index in [1.165, 1.54) is 0 Å². The topological polar surface area (TPSA) is 61.4 Å². The Bertz CT molecular complexity index is 549. The number of benzene rings is 1. The van der Waals surface area contributed by atoms with E-state index in [9.17, 15) is 9.59 Å². The van der Waals surface area contributed by atoms with Crippen molar-refractivity contribution in [1.82, 2.24) is 10.2 Å². The molecule has 1 aromatic rings. The molecule has 1 heterocycles. The number of amides is 2. The molecular weight excluding hydrogens is 290 g/mol. The maximum Gasteiger partial charge on any atom is 0.253 e. The van der Waals surface area contributed by atoms with Crippen LogP contribution in [0.5, 0.6) is 0 Å². The van der Waals surface area contributed by atoms with Crippen LogP contribution in [0.25, 0.3) is 0 Å². The third kappa shape index (κ3) is 5.36. The first kappa shape index (κ1) is 17.5. The Labute approximate surface area is 138 Å². The fraction of sp³-hybridized carbons (Fsp3) is 0.556. The third-order valence-corrected chi connectivity index (χ3v) is 4.18. The van der Waals surface area contributed by atoms with Gasteiger partial charge < -0.3 is 15.5 Å². The van der Waals surface area contributed by atoms with Gasteiger partial charge in [0, 0.05) is 12.5 Å². The van der Waals surface area contributed by atoms with Gasteiger partial charge in [0.1, 0.15) is 0 Å². The van der Waals surface area contributed by atoms with Gasteiger partial charge in [0.05, 0.1) is 11.3 Å². The van der Waals surface area contributed by atoms with Crippen LogP contribution in [0, 0.1) is 5.92 Å². The second-order valence-corrected chi connectivity index (χ2v) is 6.67. The Balaban J connectivity index is 1.96. The number of rotatable bonds is 5. The Hall–Kier alpha value is -1.88. The molecule has 126 valence electrons. The minimum atomic E-state index is -0.157. The standard InChI is InChI=1S/C18H27N3O2/c1-13(2)19-18(23)15-6-4-5-7-16(15)20-17(22)12-14-8-10-21(3)11-9-14/h4-7,13-14H,8-12H2,1-3H3,(H,19,23)(H,20,22). The number of anilines is 1. The molecule has 1 fully saturated rings. The zero-order chi connectivity index (χ0) is 16.8. The van der Waals surface area contributed by atoms with Crippen LogP contribution in [-0.4, -0.2) is 42.9 Å². The van der Waals surface area contributed by atoms with Gasteiger partial charge in [-0.25, -0.2) is 0 Å². The van der Waals surface area contributed by atoms with E-state index >= 15 is 0 Å². The molecule has 1 saturated heterocycles. The summed E-state index contributed by atoms with van der Waals surface area (Å²) in [6.07, 6.45) is 2.63. The molecule has 0 radical (unpaired) electrons. The van der Waals surface area contributed by atoms with Gasteiger partial charge >= 0.3 is 0 Å². The summed E-state index contributed by atoms with van der Waals surface area (Å²) < 4.78 is 0. The summed E-state index contributed by atoms with van der Waals surface area (Å²) in [6.45, 7) is 5.93. The second kappa shape index (κ2) is 8.11. The van der Waals surface area contributed by atoms with Crippen molar-refractivity contribution >= 4 is 17.5 Å². The lowest BCUT2D eigenvalue weighted by molar-refractivity contribution is -0.117. The summed E-state index contributed by atoms with van der Waals surface area (Å²) in [6, 6.07) is 7.22. The predicted molar refractivity (Wildman–Crippen MR) is 92.5 cm³/mol. The van der Waals surface area contributed by atoms with Crippen LogP contribution < -0.4 is 10.6 Å². The van der Waals surface area contributed by atoms with Gasteiger partial charge in [-0.1, -0.05) is 12.1 Å². The number of para-hydroxylation sites is 1. The number of likely N-dealkylation sites (tertiary alicyclic amines) is 1. The van der Waals surface area contributed by atoms with Gasteiger partial charge in [-0.3, -0.25) is 9.59 Å². The van der Waals surface area contributed by atoms with Gasteiger partial charge in [-0.05, 0) is 64.9 Å². The molecular formula is C18H27N3O2. The Kier molecular flexibility index (Phi) is 6.16. The first-order valence-electron chi connectivity index (χ1n) is 8.34. The van der Waals surface area contributed by atoms with Crippen molar-refractivity contribution in [2.45, 2.75) is 39.2 Å². The van der Waals surface area contributed by atoms with Crippen molar-refractivity contribution in [2.24, 2.45) is 5.92 Å². The summed E-state index contributed by atoms with van der Waals surface area (Å²) in [5.41, 5.74) is 1.10. The molecule has 23 heavy (non-hydrogen) atoms. The lowest BCUT2D eigenvalue weighted by Crippen LogP contribution is -2.32. The lowest BCUT2D eigenvalue weighted by Gasteiger charge is -2.28. The fourth-order valence-corrected chi connectivity index (χ4v) is 2.86. The quantitative estimate of drug-likeness (QED) is 0.877. The fourth-order valence-electron chi connectivity index (χ4n) is 2.86. The van der Waals surface area contributed by atoms with Crippen LogP contribution in [0.15, 0.2) is 24.3 Å². The maximum absolute atomic E-state index is 12.3. The van der Waals surface area contributed by atoms with E-state index in [-0.39, 0.29) is 17.9 Å². The number of piperidine rings is 1. The summed E-state index contributed by atoms with van der Waals surface area (Å²) in [7, 11) is 2.11. The summed E-state index contributed by atoms with van der Waals surface area (Å²) in [5, 5.41) is 5.77. The second-order valence-electron chi connectivity index (χ2n) is 6.67. The van der Waals surface area contributed by atoms with Gasteiger partial charge in [-0.2, -0.15) is 0 Å². The SMILES string of the molecule is CC(C)NC(=O)c1ccccc1NC(=O)CC1CCN(C)CC1. The number of hydrogen-bond acceptors (Lipinski definition) is 3. The Morgan fingerprint density at radius 2 is 1.87 bits per heavy atom. The van der Waals surface area contributed by atoms with Crippen LogP contribution in [0.1, 0.15) is 43.5 Å². The minimum Gasteiger partial charge on any atom is -0.350 e. The number of nitrogens with zero attached hydrogens (tertiary/aromatic N) is 1. The molecule has 1 aliphatic heterocycles. The molecule has 1 aromatic carbocycles. The van der Waals surface area contributed by atoms with E-state index in [4.69, 9.17) is 0 Å². The highest BCUT2D eigenvalue weighted by Crippen LogP contribution is 2.21. The highest BCUT2D eigenvalue weighted by molar-refractivity contribution is 6.03. The summed E-state index contributed by atoms with van der Waals surface area (Å²) in [5.74, 6) is 0.266. The van der Waals surface area contributed by atoms with Crippen LogP contribution in [0.2, 0.25) is 0 Å². The zero-order valence-corrected chi connectivity index (χ0v) is 14.3. The first-order chi connectivity index (χ1) is 11.0. The van der Waals surface area contributed by atoms with Crippen molar-refractivity contribution in [1.29, 1.82) is 0 Å². The predicted octanol–water partition coefficient (Wildman–Crippen LogP) is 2.50. The molecule has 2 N–H and O–H groups in total. The minimum absolute atomic E-state index is 0.00986. The van der Waals surface area contributed by atoms with Gasteiger partial charge in [0.15, 0.2) is 0 Å². The number of carbonyl (C=O) groups is 2. The molecule has 0 aliphatic carbocycles. The third-order valence-electron chi connectivity index (χ3n) is 4.18. The van der Waals surface area contributed by atoms with Gasteiger partial charge in [-0.15, -0.1) is 0 Å². The van der Waals surface area contributed by atoms with E-state index in [2.05, 4.69) is 22.6 Å². The molecule has 2 amide bonds. The largest absolute Gasteiger partial charge is 0.350 e. The number of hydrogen-bond donors (Lipinski definition) is 2. The normalized spacial score (nSPS) is 16.3. The average molecular weight is 317 g/mol. The Morgan fingerprint density at radius 3 is 2.52 bits per heavy atom. The molecule has 0 bridgehead atoms. The van der Waals surface area contributed by atoms with E-state index in [0.29, 0.717) is 23.6 Å². The van der Waals surface area contributed by atoms with E-state index in [1.807, 2.05) is 26.0 Å². The monoisotopic (exact) mass is 317 g/mol. The Morgan fingerprint density at radius 1 is 1.22 bits per heavy atom. The average Bonchev–Trinajstić information content (AvgIpc) is 2.49. The smallest absolute Gasteiger partial charge is 0.253 e. The molecule has 0 saturated carbocycles. The maximum atomic E-state index is 12.3. The molecule has 0 atom stereocenters. The van der Waals surface area contributed by atoms with E-state index in [0.717, 1.165) is 25.9 Å². The molecule has 0 spiro atoms. The number of nitrogens with one attached hydrogen (secondary N) is 2. The van der Waals surface area contributed by atoms with Crippen LogP contribution in [0.3, 0.4) is 0 Å². The van der Waals surface area contributed by atoms with Crippen molar-refractivity contribution in [3.8, 4) is 0 Å². The van der Waals surface area contributed by atoms with Crippen molar-refractivity contribution in [2.75, 3.05) is 25.5 Å². The van der Waals surface area contributed by atoms with E-state index < -0.39 is 0 Å². The van der Waals surface area contributed by atoms with E-state index in [1.54, 1.807) is 12.1 Å². The molecule has 1 aliphatic rings. The van der Waals surface area contributed by atoms with Crippen molar-refractivity contribution in [3.63, 3.8) is 0 Å². The molecule has 5 nitrogen and oxygen atoms in total. The highest BCUT2D eigenvalue weighted by Gasteiger charge is 2.20. The summed E-state index contributed by atoms with van der Waals surface area (Å²) >= 11 is 0. The van der Waals surface area contributed by atoms with Crippen LogP contribution in [-0.2, 0) is 4.79 Å². The zero-order valence-electron chi connectivity index (χ0n) is 14.3. The van der Waals surface area contributed by atoms with Crippen LogP contribution in [0.4, 0.5) is 5.69 Å². The van der Waals surface area contributed by atoms with Gasteiger partial charge in [0.25, 0.3) is 5.91 Å². The molecule has 2 rings (SSSR count). The van der Waals surface area contributed by atoms with Gasteiger partial charge in [0.2, 0.25) is 5.91 Å². The molecule has 0 aromatic heterocycles. The van der Waals surface area contributed by atoms with Crippen molar-refractivity contribution < 1.29 is 9.59 Å². The summed E-state index contributed by atoms with van der Waals surface area (Å²) in [4.78, 5) is 26.8. The molecule has 0 unspecified atom stereocenters. The number of carbonyl (C=O) groups excluding carboxylic acids is 2. The highest BCUT2D eigenvalue weighted by atomic mass is 16.2. The molecule has 5 heteroatoms. The first-order valence-corrected chi connectivity index (χ1v) is 8.34.